The van der Waals surface area contributed by atoms with Crippen molar-refractivity contribution in [2.24, 2.45) is 0 Å². The first-order valence-corrected chi connectivity index (χ1v) is 9.76. The van der Waals surface area contributed by atoms with Crippen LogP contribution in [0, 0.1) is 0 Å². The standard InChI is InChI=1S/C17H28NO5P/c1-16(18(2)3,14-8-10-15(22-4)11-9-14)17(23-24(19,20)21)12-6-5-7-13-17/h8-11H,5-7,12-13H2,1-4H3,(H2,19,20,21). The molecule has 1 aliphatic rings. The third kappa shape index (κ3) is 3.68. The molecule has 1 unspecified atom stereocenters. The van der Waals surface area contributed by atoms with Crippen molar-refractivity contribution in [2.45, 2.75) is 50.2 Å². The normalized spacial score (nSPS) is 20.6. The summed E-state index contributed by atoms with van der Waals surface area (Å²) >= 11 is 0. The molecule has 1 aromatic rings. The van der Waals surface area contributed by atoms with E-state index in [0.717, 1.165) is 30.6 Å². The molecule has 1 aliphatic carbocycles. The van der Waals surface area contributed by atoms with Crippen molar-refractivity contribution < 1.29 is 23.6 Å². The molecule has 2 N–H and O–H groups in total. The number of rotatable bonds is 6. The summed E-state index contributed by atoms with van der Waals surface area (Å²) in [4.78, 5) is 21.1. The minimum atomic E-state index is -4.62. The van der Waals surface area contributed by atoms with Crippen molar-refractivity contribution in [2.75, 3.05) is 21.2 Å². The minimum absolute atomic E-state index is 0.610. The molecule has 136 valence electrons. The van der Waals surface area contributed by atoms with Crippen LogP contribution in [-0.2, 0) is 14.6 Å². The van der Waals surface area contributed by atoms with Crippen LogP contribution in [0.15, 0.2) is 24.3 Å². The van der Waals surface area contributed by atoms with Crippen LogP contribution in [0.1, 0.15) is 44.6 Å². The maximum atomic E-state index is 11.7. The van der Waals surface area contributed by atoms with Gasteiger partial charge in [0, 0.05) is 0 Å². The minimum Gasteiger partial charge on any atom is -0.497 e. The third-order valence-corrected chi connectivity index (χ3v) is 5.98. The molecular formula is C17H28NO5P. The van der Waals surface area contributed by atoms with Gasteiger partial charge in [-0.15, -0.1) is 0 Å². The van der Waals surface area contributed by atoms with E-state index >= 15 is 0 Å². The second kappa shape index (κ2) is 7.14. The molecule has 0 heterocycles. The van der Waals surface area contributed by atoms with E-state index in [1.807, 2.05) is 50.2 Å². The highest BCUT2D eigenvalue weighted by Gasteiger charge is 2.55. The Kier molecular flexibility index (Phi) is 5.78. The van der Waals surface area contributed by atoms with Crippen molar-refractivity contribution in [3.8, 4) is 5.75 Å². The lowest BCUT2D eigenvalue weighted by Crippen LogP contribution is -2.59. The second-order valence-electron chi connectivity index (χ2n) is 6.83. The summed E-state index contributed by atoms with van der Waals surface area (Å²) < 4.78 is 22.5. The van der Waals surface area contributed by atoms with Crippen LogP contribution in [0.2, 0.25) is 0 Å². The molecule has 7 heteroatoms. The lowest BCUT2D eigenvalue weighted by Gasteiger charge is -2.53. The lowest BCUT2D eigenvalue weighted by molar-refractivity contribution is -0.109. The summed E-state index contributed by atoms with van der Waals surface area (Å²) in [6.07, 6.45) is 4.05. The van der Waals surface area contributed by atoms with Gasteiger partial charge in [0.15, 0.2) is 0 Å². The van der Waals surface area contributed by atoms with Gasteiger partial charge in [-0.2, -0.15) is 0 Å². The van der Waals surface area contributed by atoms with Crippen LogP contribution < -0.4 is 4.74 Å². The van der Waals surface area contributed by atoms with Crippen molar-refractivity contribution in [1.29, 1.82) is 0 Å². The zero-order valence-electron chi connectivity index (χ0n) is 14.9. The lowest BCUT2D eigenvalue weighted by atomic mass is 9.67. The summed E-state index contributed by atoms with van der Waals surface area (Å²) in [5.41, 5.74) is -0.674. The molecule has 1 atom stereocenters. The smallest absolute Gasteiger partial charge is 0.470 e. The summed E-state index contributed by atoms with van der Waals surface area (Å²) in [6.45, 7) is 2.00. The molecular weight excluding hydrogens is 329 g/mol. The van der Waals surface area contributed by atoms with Crippen molar-refractivity contribution >= 4 is 7.82 Å². The highest BCUT2D eigenvalue weighted by molar-refractivity contribution is 7.46. The maximum Gasteiger partial charge on any atom is 0.470 e. The first-order chi connectivity index (χ1) is 11.1. The summed E-state index contributed by atoms with van der Waals surface area (Å²) in [5.74, 6) is 0.744. The molecule has 1 saturated carbocycles. The van der Waals surface area contributed by atoms with Gasteiger partial charge in [0.25, 0.3) is 0 Å². The largest absolute Gasteiger partial charge is 0.497 e. The molecule has 0 spiro atoms. The van der Waals surface area contributed by atoms with Gasteiger partial charge in [-0.1, -0.05) is 31.4 Å². The SMILES string of the molecule is COc1ccc(C(C)(N(C)C)C2(OP(=O)(O)O)CCCCC2)cc1. The number of phosphoric acid groups is 1. The van der Waals surface area contributed by atoms with Crippen LogP contribution in [0.4, 0.5) is 0 Å². The number of likely N-dealkylation sites (N-methyl/N-ethyl adjacent to an activating group) is 1. The van der Waals surface area contributed by atoms with Gasteiger partial charge < -0.3 is 14.5 Å². The molecule has 0 bridgehead atoms. The Bertz CT molecular complexity index is 592. The summed E-state index contributed by atoms with van der Waals surface area (Å²) in [7, 11) is 0.828. The number of methoxy groups -OCH3 is 1. The number of phosphoric ester groups is 1. The molecule has 0 aromatic heterocycles. The third-order valence-electron chi connectivity index (χ3n) is 5.39. The fraction of sp³-hybridized carbons (Fsp3) is 0.647. The molecule has 0 aliphatic heterocycles. The van der Waals surface area contributed by atoms with Gasteiger partial charge in [-0.05, 0) is 51.6 Å². The quantitative estimate of drug-likeness (QED) is 0.761. The Morgan fingerprint density at radius 2 is 1.67 bits per heavy atom. The average molecular weight is 357 g/mol. The van der Waals surface area contributed by atoms with Crippen LogP contribution >= 0.6 is 7.82 Å². The van der Waals surface area contributed by atoms with E-state index in [1.54, 1.807) is 7.11 Å². The van der Waals surface area contributed by atoms with E-state index in [4.69, 9.17) is 9.26 Å². The van der Waals surface area contributed by atoms with Gasteiger partial charge in [-0.3, -0.25) is 9.42 Å². The fourth-order valence-corrected chi connectivity index (χ4v) is 4.68. The predicted molar refractivity (Wildman–Crippen MR) is 93.0 cm³/mol. The zero-order chi connectivity index (χ0) is 18.0. The van der Waals surface area contributed by atoms with Crippen LogP contribution in [-0.4, -0.2) is 41.5 Å². The van der Waals surface area contributed by atoms with E-state index in [-0.39, 0.29) is 0 Å². The van der Waals surface area contributed by atoms with E-state index in [1.165, 1.54) is 0 Å². The number of nitrogens with zero attached hydrogens (tertiary/aromatic N) is 1. The number of hydrogen-bond acceptors (Lipinski definition) is 4. The first kappa shape index (κ1) is 19.4. The van der Waals surface area contributed by atoms with Crippen molar-refractivity contribution in [1.82, 2.24) is 4.90 Å². The molecule has 0 radical (unpaired) electrons. The molecule has 1 fully saturated rings. The van der Waals surface area contributed by atoms with Gasteiger partial charge in [-0.25, -0.2) is 4.57 Å². The highest BCUT2D eigenvalue weighted by Crippen LogP contribution is 2.55. The van der Waals surface area contributed by atoms with E-state index in [0.29, 0.717) is 12.8 Å². The number of benzene rings is 1. The predicted octanol–water partition coefficient (Wildman–Crippen LogP) is 3.28. The van der Waals surface area contributed by atoms with Crippen molar-refractivity contribution in [3.05, 3.63) is 29.8 Å². The van der Waals surface area contributed by atoms with E-state index < -0.39 is 19.0 Å². The molecule has 1 aromatic carbocycles. The van der Waals surface area contributed by atoms with Gasteiger partial charge in [0.05, 0.1) is 12.6 Å². The van der Waals surface area contributed by atoms with Crippen molar-refractivity contribution in [3.63, 3.8) is 0 Å². The van der Waals surface area contributed by atoms with Gasteiger partial charge >= 0.3 is 7.82 Å². The van der Waals surface area contributed by atoms with Gasteiger partial charge in [0.2, 0.25) is 0 Å². The molecule has 6 nitrogen and oxygen atoms in total. The second-order valence-corrected chi connectivity index (χ2v) is 8.00. The van der Waals surface area contributed by atoms with E-state index in [2.05, 4.69) is 0 Å². The molecule has 0 saturated heterocycles. The Labute approximate surface area is 144 Å². The van der Waals surface area contributed by atoms with Crippen LogP contribution in [0.25, 0.3) is 0 Å². The zero-order valence-corrected chi connectivity index (χ0v) is 15.8. The Morgan fingerprint density at radius 1 is 1.12 bits per heavy atom. The molecule has 24 heavy (non-hydrogen) atoms. The topological polar surface area (TPSA) is 79.2 Å². The number of ether oxygens (including phenoxy) is 1. The monoisotopic (exact) mass is 357 g/mol. The maximum absolute atomic E-state index is 11.7. The molecule has 2 rings (SSSR count). The van der Waals surface area contributed by atoms with Crippen LogP contribution in [0.5, 0.6) is 5.75 Å². The summed E-state index contributed by atoms with van der Waals surface area (Å²) in [6, 6.07) is 7.62. The fourth-order valence-electron chi connectivity index (χ4n) is 3.86. The first-order valence-electron chi connectivity index (χ1n) is 8.23. The molecule has 0 amide bonds. The highest BCUT2D eigenvalue weighted by atomic mass is 31.2. The van der Waals surface area contributed by atoms with E-state index in [9.17, 15) is 14.4 Å². The Morgan fingerprint density at radius 3 is 2.08 bits per heavy atom. The Balaban J connectivity index is 2.56. The average Bonchev–Trinajstić information content (AvgIpc) is 2.53. The van der Waals surface area contributed by atoms with Crippen LogP contribution in [0.3, 0.4) is 0 Å². The number of hydrogen-bond donors (Lipinski definition) is 2. The Hall–Kier alpha value is -0.910. The summed E-state index contributed by atoms with van der Waals surface area (Å²) in [5, 5.41) is 0. The van der Waals surface area contributed by atoms with Gasteiger partial charge in [0.1, 0.15) is 11.4 Å².